The number of pyridine rings is 1. The molecule has 1 N–H and O–H groups in total. The Morgan fingerprint density at radius 1 is 1.29 bits per heavy atom. The van der Waals surface area contributed by atoms with Crippen molar-refractivity contribution in [2.45, 2.75) is 6.42 Å². The minimum Gasteiger partial charge on any atom is -0.369 e. The smallest absolute Gasteiger partial charge is 0.294 e. The highest BCUT2D eigenvalue weighted by atomic mass is 79.9. The van der Waals surface area contributed by atoms with Gasteiger partial charge in [0.05, 0.1) is 10.6 Å². The Morgan fingerprint density at radius 2 is 2.12 bits per heavy atom. The molecule has 8 heteroatoms. The number of aromatic nitrogens is 3. The molecule has 0 saturated carbocycles. The quantitative estimate of drug-likeness (QED) is 0.550. The molecule has 0 atom stereocenters. The molecule has 120 valence electrons. The fourth-order valence-electron chi connectivity index (χ4n) is 2.92. The molecule has 0 aliphatic carbocycles. The Bertz CT molecular complexity index is 953. The predicted molar refractivity (Wildman–Crippen MR) is 93.3 cm³/mol. The Labute approximate surface area is 145 Å². The first kappa shape index (κ1) is 14.8. The van der Waals surface area contributed by atoms with Crippen molar-refractivity contribution < 1.29 is 4.92 Å². The minimum atomic E-state index is -0.390. The molecule has 0 radical (unpaired) electrons. The number of hydrogen-bond acceptors (Lipinski definition) is 5. The fourth-order valence-corrected chi connectivity index (χ4v) is 3.28. The lowest BCUT2D eigenvalue weighted by Gasteiger charge is -2.06. The monoisotopic (exact) mass is 385 g/mol. The number of hydrogen-bond donors (Lipinski definition) is 1. The van der Waals surface area contributed by atoms with Crippen molar-refractivity contribution in [3.8, 4) is 16.9 Å². The number of halogens is 1. The minimum absolute atomic E-state index is 0.0235. The van der Waals surface area contributed by atoms with Crippen LogP contribution >= 0.6 is 15.9 Å². The van der Waals surface area contributed by atoms with Gasteiger partial charge in [0, 0.05) is 40.6 Å². The molecule has 7 nitrogen and oxygen atoms in total. The van der Waals surface area contributed by atoms with E-state index in [2.05, 4.69) is 31.3 Å². The van der Waals surface area contributed by atoms with E-state index in [1.54, 1.807) is 35.3 Å². The van der Waals surface area contributed by atoms with Gasteiger partial charge >= 0.3 is 0 Å². The van der Waals surface area contributed by atoms with Crippen LogP contribution in [0.1, 0.15) is 5.56 Å². The molecule has 2 aromatic heterocycles. The van der Waals surface area contributed by atoms with E-state index in [1.165, 1.54) is 6.07 Å². The van der Waals surface area contributed by atoms with E-state index < -0.39 is 4.92 Å². The molecule has 0 unspecified atom stereocenters. The van der Waals surface area contributed by atoms with Gasteiger partial charge < -0.3 is 5.32 Å². The Morgan fingerprint density at radius 3 is 2.92 bits per heavy atom. The molecule has 3 aromatic rings. The van der Waals surface area contributed by atoms with Gasteiger partial charge in [-0.3, -0.25) is 15.1 Å². The summed E-state index contributed by atoms with van der Waals surface area (Å²) < 4.78 is 2.48. The molecule has 1 aliphatic rings. The lowest BCUT2D eigenvalue weighted by molar-refractivity contribution is -0.384. The first-order valence-electron chi connectivity index (χ1n) is 7.35. The Hall–Kier alpha value is -2.74. The summed E-state index contributed by atoms with van der Waals surface area (Å²) in [5.41, 5.74) is 3.19. The number of nitro groups is 1. The van der Waals surface area contributed by atoms with Crippen LogP contribution in [-0.4, -0.2) is 26.2 Å². The molecule has 0 fully saturated rings. The van der Waals surface area contributed by atoms with E-state index in [-0.39, 0.29) is 5.69 Å². The molecule has 24 heavy (non-hydrogen) atoms. The predicted octanol–water partition coefficient (Wildman–Crippen LogP) is 3.57. The van der Waals surface area contributed by atoms with Gasteiger partial charge in [0.2, 0.25) is 0 Å². The van der Waals surface area contributed by atoms with Crippen molar-refractivity contribution in [3.63, 3.8) is 0 Å². The zero-order valence-corrected chi connectivity index (χ0v) is 14.0. The first-order valence-corrected chi connectivity index (χ1v) is 8.15. The summed E-state index contributed by atoms with van der Waals surface area (Å²) in [6.07, 6.45) is 4.27. The third-order valence-electron chi connectivity index (χ3n) is 3.94. The van der Waals surface area contributed by atoms with Crippen LogP contribution in [0.4, 0.5) is 11.5 Å². The van der Waals surface area contributed by atoms with Crippen LogP contribution in [0.5, 0.6) is 0 Å². The second-order valence-electron chi connectivity index (χ2n) is 5.40. The second-order valence-corrected chi connectivity index (χ2v) is 6.32. The maximum Gasteiger partial charge on any atom is 0.294 e. The van der Waals surface area contributed by atoms with Gasteiger partial charge in [0.15, 0.2) is 0 Å². The summed E-state index contributed by atoms with van der Waals surface area (Å²) in [4.78, 5) is 15.1. The number of nitrogens with zero attached hydrogens (tertiary/aromatic N) is 4. The number of benzene rings is 1. The van der Waals surface area contributed by atoms with Crippen molar-refractivity contribution >= 4 is 27.4 Å². The Balaban J connectivity index is 1.94. The summed E-state index contributed by atoms with van der Waals surface area (Å²) >= 11 is 3.42. The normalized spacial score (nSPS) is 12.7. The van der Waals surface area contributed by atoms with Crippen molar-refractivity contribution in [1.82, 2.24) is 14.8 Å². The number of fused-ring (bicyclic) bond motifs is 1. The largest absolute Gasteiger partial charge is 0.369 e. The Kier molecular flexibility index (Phi) is 3.53. The van der Waals surface area contributed by atoms with Crippen LogP contribution in [0.15, 0.2) is 47.2 Å². The molecule has 0 bridgehead atoms. The van der Waals surface area contributed by atoms with Gasteiger partial charge in [0.1, 0.15) is 11.5 Å². The van der Waals surface area contributed by atoms with Crippen LogP contribution in [0.2, 0.25) is 0 Å². The zero-order chi connectivity index (χ0) is 16.7. The highest BCUT2D eigenvalue weighted by Crippen LogP contribution is 2.36. The molecule has 1 aliphatic heterocycles. The molecule has 3 heterocycles. The molecular weight excluding hydrogens is 374 g/mol. The number of nitro benzene ring substituents is 1. The third kappa shape index (κ3) is 2.35. The van der Waals surface area contributed by atoms with Gasteiger partial charge in [0.25, 0.3) is 5.69 Å². The van der Waals surface area contributed by atoms with Crippen LogP contribution in [-0.2, 0) is 6.42 Å². The molecular formula is C16H12BrN5O2. The molecule has 1 aromatic carbocycles. The van der Waals surface area contributed by atoms with Gasteiger partial charge in [-0.05, 0) is 34.5 Å². The van der Waals surface area contributed by atoms with E-state index in [0.717, 1.165) is 40.1 Å². The first-order chi connectivity index (χ1) is 11.6. The topological polar surface area (TPSA) is 85.9 Å². The highest BCUT2D eigenvalue weighted by Gasteiger charge is 2.27. The van der Waals surface area contributed by atoms with Gasteiger partial charge in [-0.25, -0.2) is 4.68 Å². The number of nitrogens with one attached hydrogen (secondary N) is 1. The van der Waals surface area contributed by atoms with Crippen LogP contribution < -0.4 is 5.32 Å². The van der Waals surface area contributed by atoms with E-state index in [1.807, 2.05) is 6.07 Å². The molecule has 0 spiro atoms. The zero-order valence-electron chi connectivity index (χ0n) is 12.4. The van der Waals surface area contributed by atoms with E-state index in [0.29, 0.717) is 5.69 Å². The number of rotatable bonds is 3. The van der Waals surface area contributed by atoms with E-state index in [9.17, 15) is 10.1 Å². The maximum absolute atomic E-state index is 11.3. The average molecular weight is 386 g/mol. The van der Waals surface area contributed by atoms with Gasteiger partial charge in [-0.1, -0.05) is 12.1 Å². The van der Waals surface area contributed by atoms with Crippen molar-refractivity contribution in [3.05, 3.63) is 62.9 Å². The number of anilines is 1. The van der Waals surface area contributed by atoms with Gasteiger partial charge in [-0.15, -0.1) is 0 Å². The summed E-state index contributed by atoms with van der Waals surface area (Å²) in [5, 5.41) is 19.3. The van der Waals surface area contributed by atoms with E-state index >= 15 is 0 Å². The summed E-state index contributed by atoms with van der Waals surface area (Å²) in [7, 11) is 0. The summed E-state index contributed by atoms with van der Waals surface area (Å²) in [6.45, 7) is 0.780. The molecule has 0 saturated heterocycles. The average Bonchev–Trinajstić information content (AvgIpc) is 3.17. The number of para-hydroxylation sites is 2. The van der Waals surface area contributed by atoms with Gasteiger partial charge in [-0.2, -0.15) is 5.10 Å². The lowest BCUT2D eigenvalue weighted by Crippen LogP contribution is -2.06. The maximum atomic E-state index is 11.3. The summed E-state index contributed by atoms with van der Waals surface area (Å²) in [6, 6.07) is 8.55. The molecule has 4 rings (SSSR count). The standard InChI is InChI=1S/C16H12BrN5O2/c17-11-7-10(8-18-9-11)15-12-5-6-19-16(12)21(20-15)13-3-1-2-4-14(13)22(23)24/h1-4,7-9,19H,5-6H2. The van der Waals surface area contributed by atoms with Crippen molar-refractivity contribution in [1.29, 1.82) is 0 Å². The van der Waals surface area contributed by atoms with Crippen LogP contribution in [0, 0.1) is 10.1 Å². The van der Waals surface area contributed by atoms with Crippen molar-refractivity contribution in [2.75, 3.05) is 11.9 Å². The molecule has 0 amide bonds. The lowest BCUT2D eigenvalue weighted by atomic mass is 10.1. The van der Waals surface area contributed by atoms with Crippen LogP contribution in [0.3, 0.4) is 0 Å². The van der Waals surface area contributed by atoms with Crippen molar-refractivity contribution in [2.24, 2.45) is 0 Å². The highest BCUT2D eigenvalue weighted by molar-refractivity contribution is 9.10. The SMILES string of the molecule is O=[N+]([O-])c1ccccc1-n1nc(-c2cncc(Br)c2)c2c1NCC2. The third-order valence-corrected chi connectivity index (χ3v) is 4.37. The fraction of sp³-hybridized carbons (Fsp3) is 0.125. The second kappa shape index (κ2) is 5.72. The van der Waals surface area contributed by atoms with E-state index in [4.69, 9.17) is 0 Å². The summed E-state index contributed by atoms with van der Waals surface area (Å²) in [5.74, 6) is 0.805. The van der Waals surface area contributed by atoms with Crippen LogP contribution in [0.25, 0.3) is 16.9 Å².